The lowest BCUT2D eigenvalue weighted by atomic mass is 10.1. The molecule has 1 aliphatic carbocycles. The summed E-state index contributed by atoms with van der Waals surface area (Å²) >= 11 is 0. The number of hydrogen-bond donors (Lipinski definition) is 1. The lowest BCUT2D eigenvalue weighted by Gasteiger charge is -2.17. The second-order valence-electron chi connectivity index (χ2n) is 6.88. The van der Waals surface area contributed by atoms with Gasteiger partial charge in [0.25, 0.3) is 5.91 Å². The van der Waals surface area contributed by atoms with Crippen molar-refractivity contribution in [2.45, 2.75) is 25.8 Å². The van der Waals surface area contributed by atoms with Crippen LogP contribution < -0.4 is 5.56 Å². The third kappa shape index (κ3) is 2.97. The number of carbonyl (C=O) groups is 1. The molecular weight excluding hydrogens is 316 g/mol. The van der Waals surface area contributed by atoms with Gasteiger partial charge in [-0.1, -0.05) is 25.1 Å². The van der Waals surface area contributed by atoms with Gasteiger partial charge in [-0.05, 0) is 30.5 Å². The number of nitrogens with zero attached hydrogens (tertiary/aromatic N) is 1. The zero-order valence-corrected chi connectivity index (χ0v) is 14.3. The summed E-state index contributed by atoms with van der Waals surface area (Å²) in [5.41, 5.74) is 0.789. The summed E-state index contributed by atoms with van der Waals surface area (Å²) in [5.74, 6) is 2.77. The number of nitrogens with one attached hydrogen (secondary N) is 1. The van der Waals surface area contributed by atoms with Crippen molar-refractivity contribution in [1.29, 1.82) is 0 Å². The van der Waals surface area contributed by atoms with Crippen LogP contribution in [-0.2, 0) is 6.54 Å². The summed E-state index contributed by atoms with van der Waals surface area (Å²) in [6, 6.07) is 12.6. The fourth-order valence-corrected chi connectivity index (χ4v) is 3.29. The minimum Gasteiger partial charge on any atom is -0.464 e. The normalized spacial score (nSPS) is 19.1. The predicted octanol–water partition coefficient (Wildman–Crippen LogP) is 3.52. The number of pyridine rings is 1. The van der Waals surface area contributed by atoms with E-state index in [1.165, 1.54) is 12.5 Å². The Morgan fingerprint density at radius 3 is 2.80 bits per heavy atom. The Bertz CT molecular complexity index is 1000. The number of para-hydroxylation sites is 1. The van der Waals surface area contributed by atoms with E-state index in [0.29, 0.717) is 29.5 Å². The number of H-pyrrole nitrogens is 1. The molecule has 4 rings (SSSR count). The quantitative estimate of drug-likeness (QED) is 0.793. The van der Waals surface area contributed by atoms with Crippen LogP contribution in [0.15, 0.2) is 51.7 Å². The molecule has 1 saturated carbocycles. The topological polar surface area (TPSA) is 66.3 Å². The van der Waals surface area contributed by atoms with E-state index in [2.05, 4.69) is 11.9 Å². The maximum atomic E-state index is 12.9. The fraction of sp³-hybridized carbons (Fsp3) is 0.300. The summed E-state index contributed by atoms with van der Waals surface area (Å²) in [4.78, 5) is 29.1. The molecule has 0 saturated heterocycles. The molecule has 0 radical (unpaired) electrons. The average molecular weight is 336 g/mol. The number of carbonyl (C=O) groups excluding carboxylic acids is 1. The van der Waals surface area contributed by atoms with Crippen LogP contribution in [-0.4, -0.2) is 22.8 Å². The monoisotopic (exact) mass is 336 g/mol. The van der Waals surface area contributed by atoms with Crippen LogP contribution in [0.25, 0.3) is 10.9 Å². The molecule has 2 aromatic heterocycles. The smallest absolute Gasteiger partial charge is 0.254 e. The van der Waals surface area contributed by atoms with Crippen molar-refractivity contribution < 1.29 is 9.21 Å². The molecule has 0 aliphatic heterocycles. The number of aromatic amines is 1. The SMILES string of the molecule is C[C@H]1C[C@@H]1c1ccc(CN(C)C(=O)c2cc(=O)[nH]c3ccccc23)o1. The highest BCUT2D eigenvalue weighted by Gasteiger charge is 2.36. The number of amides is 1. The highest BCUT2D eigenvalue weighted by Crippen LogP contribution is 2.47. The largest absolute Gasteiger partial charge is 0.464 e. The second kappa shape index (κ2) is 5.92. The van der Waals surface area contributed by atoms with Gasteiger partial charge in [0.15, 0.2) is 0 Å². The van der Waals surface area contributed by atoms with Gasteiger partial charge in [0.05, 0.1) is 12.1 Å². The second-order valence-corrected chi connectivity index (χ2v) is 6.88. The van der Waals surface area contributed by atoms with Gasteiger partial charge in [0.2, 0.25) is 5.56 Å². The summed E-state index contributed by atoms with van der Waals surface area (Å²) in [6.45, 7) is 2.58. The van der Waals surface area contributed by atoms with Crippen molar-refractivity contribution in [2.75, 3.05) is 7.05 Å². The maximum absolute atomic E-state index is 12.9. The Labute approximate surface area is 145 Å². The molecule has 1 aliphatic rings. The highest BCUT2D eigenvalue weighted by molar-refractivity contribution is 6.05. The maximum Gasteiger partial charge on any atom is 0.254 e. The van der Waals surface area contributed by atoms with Crippen LogP contribution >= 0.6 is 0 Å². The molecular formula is C20H20N2O3. The van der Waals surface area contributed by atoms with Crippen molar-refractivity contribution in [3.63, 3.8) is 0 Å². The van der Waals surface area contributed by atoms with Gasteiger partial charge in [0, 0.05) is 29.9 Å². The average Bonchev–Trinajstić information content (AvgIpc) is 3.15. The van der Waals surface area contributed by atoms with Crippen LogP contribution in [0, 0.1) is 5.92 Å². The number of rotatable bonds is 4. The minimum atomic E-state index is -0.279. The van der Waals surface area contributed by atoms with Crippen LogP contribution in [0.4, 0.5) is 0 Å². The van der Waals surface area contributed by atoms with Crippen LogP contribution in [0.3, 0.4) is 0 Å². The van der Waals surface area contributed by atoms with Crippen molar-refractivity contribution in [3.05, 3.63) is 69.9 Å². The van der Waals surface area contributed by atoms with Gasteiger partial charge in [-0.25, -0.2) is 0 Å². The van der Waals surface area contributed by atoms with E-state index in [1.54, 1.807) is 18.0 Å². The summed E-state index contributed by atoms with van der Waals surface area (Å²) in [5, 5.41) is 0.742. The molecule has 1 aromatic carbocycles. The summed E-state index contributed by atoms with van der Waals surface area (Å²) in [6.07, 6.45) is 1.17. The molecule has 2 atom stereocenters. The summed E-state index contributed by atoms with van der Waals surface area (Å²) in [7, 11) is 1.72. The van der Waals surface area contributed by atoms with Gasteiger partial charge in [-0.2, -0.15) is 0 Å². The Morgan fingerprint density at radius 1 is 1.28 bits per heavy atom. The Balaban J connectivity index is 1.58. The number of benzene rings is 1. The van der Waals surface area contributed by atoms with Crippen LogP contribution in [0.5, 0.6) is 0 Å². The van der Waals surface area contributed by atoms with Crippen molar-refractivity contribution in [1.82, 2.24) is 9.88 Å². The third-order valence-corrected chi connectivity index (χ3v) is 4.88. The van der Waals surface area contributed by atoms with E-state index < -0.39 is 0 Å². The van der Waals surface area contributed by atoms with E-state index in [9.17, 15) is 9.59 Å². The first kappa shape index (κ1) is 15.7. The molecule has 5 heteroatoms. The van der Waals surface area contributed by atoms with Gasteiger partial charge < -0.3 is 14.3 Å². The molecule has 5 nitrogen and oxygen atoms in total. The van der Waals surface area contributed by atoms with E-state index in [4.69, 9.17) is 4.42 Å². The Hall–Kier alpha value is -2.82. The Kier molecular flexibility index (Phi) is 3.71. The number of aromatic nitrogens is 1. The zero-order chi connectivity index (χ0) is 17.6. The molecule has 0 spiro atoms. The zero-order valence-electron chi connectivity index (χ0n) is 14.3. The van der Waals surface area contributed by atoms with Crippen LogP contribution in [0.1, 0.15) is 41.1 Å². The fourth-order valence-electron chi connectivity index (χ4n) is 3.29. The lowest BCUT2D eigenvalue weighted by molar-refractivity contribution is 0.0776. The predicted molar refractivity (Wildman–Crippen MR) is 95.6 cm³/mol. The van der Waals surface area contributed by atoms with E-state index in [1.807, 2.05) is 30.3 Å². The number of hydrogen-bond acceptors (Lipinski definition) is 3. The third-order valence-electron chi connectivity index (χ3n) is 4.88. The molecule has 25 heavy (non-hydrogen) atoms. The first-order valence-corrected chi connectivity index (χ1v) is 8.49. The summed E-state index contributed by atoms with van der Waals surface area (Å²) < 4.78 is 5.88. The standard InChI is InChI=1S/C20H20N2O3/c1-12-9-15(12)18-8-7-13(25-18)11-22(2)20(24)16-10-19(23)21-17-6-4-3-5-14(16)17/h3-8,10,12,15H,9,11H2,1-2H3,(H,21,23)/t12-,15-/m0/s1. The van der Waals surface area contributed by atoms with Crippen LogP contribution in [0.2, 0.25) is 0 Å². The lowest BCUT2D eigenvalue weighted by Crippen LogP contribution is -2.27. The van der Waals surface area contributed by atoms with E-state index in [-0.39, 0.29) is 11.5 Å². The minimum absolute atomic E-state index is 0.194. The molecule has 128 valence electrons. The molecule has 0 unspecified atom stereocenters. The molecule has 2 heterocycles. The molecule has 0 bridgehead atoms. The molecule has 3 aromatic rings. The van der Waals surface area contributed by atoms with E-state index >= 15 is 0 Å². The number of fused-ring (bicyclic) bond motifs is 1. The van der Waals surface area contributed by atoms with Gasteiger partial charge in [-0.15, -0.1) is 0 Å². The first-order chi connectivity index (χ1) is 12.0. The van der Waals surface area contributed by atoms with Crippen molar-refractivity contribution in [3.8, 4) is 0 Å². The van der Waals surface area contributed by atoms with E-state index in [0.717, 1.165) is 16.9 Å². The molecule has 1 N–H and O–H groups in total. The van der Waals surface area contributed by atoms with Crippen molar-refractivity contribution >= 4 is 16.8 Å². The highest BCUT2D eigenvalue weighted by atomic mass is 16.3. The first-order valence-electron chi connectivity index (χ1n) is 8.49. The number of furan rings is 1. The van der Waals surface area contributed by atoms with Gasteiger partial charge >= 0.3 is 0 Å². The van der Waals surface area contributed by atoms with Gasteiger partial charge in [0.1, 0.15) is 11.5 Å². The molecule has 1 amide bonds. The Morgan fingerprint density at radius 2 is 2.04 bits per heavy atom. The molecule has 1 fully saturated rings. The van der Waals surface area contributed by atoms with Crippen molar-refractivity contribution in [2.24, 2.45) is 5.92 Å². The van der Waals surface area contributed by atoms with Gasteiger partial charge in [-0.3, -0.25) is 9.59 Å².